The Morgan fingerprint density at radius 2 is 2.38 bits per heavy atom. The van der Waals surface area contributed by atoms with Crippen LogP contribution in [0.5, 0.6) is 0 Å². The Morgan fingerprint density at radius 1 is 1.57 bits per heavy atom. The molecule has 3 rings (SSSR count). The summed E-state index contributed by atoms with van der Waals surface area (Å²) in [5.74, 6) is 1.76. The highest BCUT2D eigenvalue weighted by Crippen LogP contribution is 2.27. The lowest BCUT2D eigenvalue weighted by molar-refractivity contribution is -0.118. The SMILES string of the molecule is Cc1csc2nc(CSCC(=O)NCC3CC3)cc(=O)n12. The fourth-order valence-corrected chi connectivity index (χ4v) is 3.69. The molecule has 2 aromatic heterocycles. The van der Waals surface area contributed by atoms with Gasteiger partial charge in [-0.1, -0.05) is 0 Å². The topological polar surface area (TPSA) is 63.5 Å². The van der Waals surface area contributed by atoms with Gasteiger partial charge in [0.15, 0.2) is 4.96 Å². The first kappa shape index (κ1) is 14.6. The fourth-order valence-electron chi connectivity index (χ4n) is 2.05. The second-order valence-electron chi connectivity index (χ2n) is 5.32. The molecule has 2 heterocycles. The number of carbonyl (C=O) groups excluding carboxylic acids is 1. The van der Waals surface area contributed by atoms with Crippen LogP contribution < -0.4 is 10.9 Å². The molecule has 0 saturated heterocycles. The molecule has 1 aliphatic carbocycles. The predicted molar refractivity (Wildman–Crippen MR) is 86.0 cm³/mol. The first-order valence-corrected chi connectivity index (χ1v) is 8.98. The van der Waals surface area contributed by atoms with Crippen LogP contribution in [0.1, 0.15) is 24.2 Å². The number of fused-ring (bicyclic) bond motifs is 1. The second-order valence-corrected chi connectivity index (χ2v) is 7.14. The minimum atomic E-state index is -0.0486. The van der Waals surface area contributed by atoms with Crippen molar-refractivity contribution >= 4 is 34.0 Å². The number of aryl methyl sites for hydroxylation is 1. The van der Waals surface area contributed by atoms with Crippen LogP contribution in [0.2, 0.25) is 0 Å². The molecular formula is C14H17N3O2S2. The maximum Gasteiger partial charge on any atom is 0.258 e. The number of thioether (sulfide) groups is 1. The zero-order valence-electron chi connectivity index (χ0n) is 11.8. The van der Waals surface area contributed by atoms with E-state index >= 15 is 0 Å². The molecule has 0 atom stereocenters. The summed E-state index contributed by atoms with van der Waals surface area (Å²) in [6.07, 6.45) is 2.48. The predicted octanol–water partition coefficient (Wildman–Crippen LogP) is 1.82. The average molecular weight is 323 g/mol. The summed E-state index contributed by atoms with van der Waals surface area (Å²) in [6, 6.07) is 1.56. The molecular weight excluding hydrogens is 306 g/mol. The minimum Gasteiger partial charge on any atom is -0.355 e. The Kier molecular flexibility index (Phi) is 4.30. The van der Waals surface area contributed by atoms with Gasteiger partial charge in [-0.05, 0) is 25.7 Å². The van der Waals surface area contributed by atoms with E-state index in [1.54, 1.807) is 10.5 Å². The third-order valence-corrected chi connectivity index (χ3v) is 5.31. The molecule has 1 fully saturated rings. The summed E-state index contributed by atoms with van der Waals surface area (Å²) < 4.78 is 1.61. The normalized spacial score (nSPS) is 14.5. The van der Waals surface area contributed by atoms with Crippen LogP contribution >= 0.6 is 23.1 Å². The Balaban J connectivity index is 1.55. The molecule has 0 radical (unpaired) electrons. The van der Waals surface area contributed by atoms with Gasteiger partial charge in [0.05, 0.1) is 11.4 Å². The highest BCUT2D eigenvalue weighted by Gasteiger charge is 2.21. The van der Waals surface area contributed by atoms with Crippen LogP contribution in [0.15, 0.2) is 16.2 Å². The third-order valence-electron chi connectivity index (χ3n) is 3.40. The number of hydrogen-bond acceptors (Lipinski definition) is 5. The monoisotopic (exact) mass is 323 g/mol. The van der Waals surface area contributed by atoms with E-state index in [1.165, 1.54) is 35.9 Å². The number of aromatic nitrogens is 2. The molecule has 1 N–H and O–H groups in total. The summed E-state index contributed by atoms with van der Waals surface area (Å²) in [5, 5.41) is 4.85. The Bertz CT molecular complexity index is 719. The Labute approximate surface area is 130 Å². The van der Waals surface area contributed by atoms with E-state index in [1.807, 2.05) is 12.3 Å². The summed E-state index contributed by atoms with van der Waals surface area (Å²) >= 11 is 2.96. The van der Waals surface area contributed by atoms with Crippen molar-refractivity contribution < 1.29 is 4.79 Å². The van der Waals surface area contributed by atoms with Crippen molar-refractivity contribution in [1.29, 1.82) is 0 Å². The van der Waals surface area contributed by atoms with Gasteiger partial charge >= 0.3 is 0 Å². The van der Waals surface area contributed by atoms with Crippen molar-refractivity contribution in [2.45, 2.75) is 25.5 Å². The molecule has 2 aromatic rings. The average Bonchev–Trinajstić information content (AvgIpc) is 3.20. The molecule has 5 nitrogen and oxygen atoms in total. The molecule has 112 valence electrons. The van der Waals surface area contributed by atoms with Crippen LogP contribution in [0.4, 0.5) is 0 Å². The standard InChI is InChI=1S/C14H17N3O2S2/c1-9-6-21-14-16-11(4-13(19)17(9)14)7-20-8-12(18)15-5-10-2-3-10/h4,6,10H,2-3,5,7-8H2,1H3,(H,15,18). The van der Waals surface area contributed by atoms with Crippen molar-refractivity contribution in [3.8, 4) is 0 Å². The third kappa shape index (κ3) is 3.65. The number of thiazole rings is 1. The largest absolute Gasteiger partial charge is 0.355 e. The van der Waals surface area contributed by atoms with Crippen LogP contribution in [0, 0.1) is 12.8 Å². The first-order valence-electron chi connectivity index (χ1n) is 6.94. The van der Waals surface area contributed by atoms with Gasteiger partial charge in [0, 0.05) is 29.4 Å². The van der Waals surface area contributed by atoms with E-state index in [0.717, 1.165) is 17.9 Å². The minimum absolute atomic E-state index is 0.0486. The maximum absolute atomic E-state index is 12.0. The lowest BCUT2D eigenvalue weighted by atomic mass is 10.4. The Hall–Kier alpha value is -1.34. The fraction of sp³-hybridized carbons (Fsp3) is 0.500. The lowest BCUT2D eigenvalue weighted by Gasteiger charge is -2.04. The van der Waals surface area contributed by atoms with Gasteiger partial charge in [0.1, 0.15) is 0 Å². The van der Waals surface area contributed by atoms with Crippen LogP contribution in [-0.4, -0.2) is 27.6 Å². The van der Waals surface area contributed by atoms with Crippen molar-refractivity contribution in [3.63, 3.8) is 0 Å². The number of hydrogen-bond donors (Lipinski definition) is 1. The van der Waals surface area contributed by atoms with Crippen molar-refractivity contribution in [2.75, 3.05) is 12.3 Å². The van der Waals surface area contributed by atoms with Crippen molar-refractivity contribution in [1.82, 2.24) is 14.7 Å². The Morgan fingerprint density at radius 3 is 3.14 bits per heavy atom. The molecule has 0 bridgehead atoms. The molecule has 1 amide bonds. The van der Waals surface area contributed by atoms with E-state index < -0.39 is 0 Å². The smallest absolute Gasteiger partial charge is 0.258 e. The van der Waals surface area contributed by atoms with Gasteiger partial charge in [-0.3, -0.25) is 14.0 Å². The highest BCUT2D eigenvalue weighted by atomic mass is 32.2. The molecule has 7 heteroatoms. The van der Waals surface area contributed by atoms with Crippen molar-refractivity contribution in [3.05, 3.63) is 33.2 Å². The zero-order chi connectivity index (χ0) is 14.8. The molecule has 0 spiro atoms. The summed E-state index contributed by atoms with van der Waals surface area (Å²) in [4.78, 5) is 28.8. The molecule has 21 heavy (non-hydrogen) atoms. The summed E-state index contributed by atoms with van der Waals surface area (Å²) in [6.45, 7) is 2.70. The maximum atomic E-state index is 12.0. The summed E-state index contributed by atoms with van der Waals surface area (Å²) in [7, 11) is 0. The second kappa shape index (κ2) is 6.19. The van der Waals surface area contributed by atoms with E-state index in [2.05, 4.69) is 10.3 Å². The molecule has 1 aliphatic rings. The summed E-state index contributed by atoms with van der Waals surface area (Å²) in [5.41, 5.74) is 1.60. The quantitative estimate of drug-likeness (QED) is 0.881. The van der Waals surface area contributed by atoms with Crippen molar-refractivity contribution in [2.24, 2.45) is 5.92 Å². The molecule has 1 saturated carbocycles. The van der Waals surface area contributed by atoms with Gasteiger partial charge in [0.2, 0.25) is 5.91 Å². The number of rotatable bonds is 6. The van der Waals surface area contributed by atoms with Crippen LogP contribution in [0.25, 0.3) is 4.96 Å². The van der Waals surface area contributed by atoms with Gasteiger partial charge in [-0.2, -0.15) is 0 Å². The van der Waals surface area contributed by atoms with Gasteiger partial charge in [-0.15, -0.1) is 23.1 Å². The molecule has 0 aliphatic heterocycles. The lowest BCUT2D eigenvalue weighted by Crippen LogP contribution is -2.27. The number of nitrogens with zero attached hydrogens (tertiary/aromatic N) is 2. The van der Waals surface area contributed by atoms with E-state index in [-0.39, 0.29) is 11.5 Å². The van der Waals surface area contributed by atoms with E-state index in [4.69, 9.17) is 0 Å². The highest BCUT2D eigenvalue weighted by molar-refractivity contribution is 7.99. The van der Waals surface area contributed by atoms with E-state index in [9.17, 15) is 9.59 Å². The van der Waals surface area contributed by atoms with Crippen LogP contribution in [-0.2, 0) is 10.5 Å². The zero-order valence-corrected chi connectivity index (χ0v) is 13.4. The van der Waals surface area contributed by atoms with Gasteiger partial charge < -0.3 is 5.32 Å². The molecule has 0 aromatic carbocycles. The van der Waals surface area contributed by atoms with Crippen LogP contribution in [0.3, 0.4) is 0 Å². The van der Waals surface area contributed by atoms with Gasteiger partial charge in [-0.25, -0.2) is 4.98 Å². The van der Waals surface area contributed by atoms with Gasteiger partial charge in [0.25, 0.3) is 5.56 Å². The number of amides is 1. The molecule has 0 unspecified atom stereocenters. The number of nitrogens with one attached hydrogen (secondary N) is 1. The van der Waals surface area contributed by atoms with E-state index in [0.29, 0.717) is 22.4 Å². The first-order chi connectivity index (χ1) is 10.1. The number of carbonyl (C=O) groups is 1.